The van der Waals surface area contributed by atoms with Gasteiger partial charge in [0, 0.05) is 0 Å². The van der Waals surface area contributed by atoms with Crippen LogP contribution in [0.1, 0.15) is 17.2 Å². The lowest BCUT2D eigenvalue weighted by atomic mass is 10.1. The van der Waals surface area contributed by atoms with Crippen LogP contribution >= 0.6 is 12.6 Å². The number of hydrogen-bond acceptors (Lipinski definition) is 4. The molecule has 0 saturated heterocycles. The Labute approximate surface area is 117 Å². The molecule has 0 saturated carbocycles. The minimum atomic E-state index is -0.376. The number of thiol groups is 1. The van der Waals surface area contributed by atoms with Crippen LogP contribution in [0.4, 0.5) is 0 Å². The molecule has 0 spiro atoms. The monoisotopic (exact) mass is 276 g/mol. The Balaban J connectivity index is 1.82. The lowest BCUT2D eigenvalue weighted by molar-refractivity contribution is -0.120. The summed E-state index contributed by atoms with van der Waals surface area (Å²) in [7, 11) is 0. The first kappa shape index (κ1) is 13.7. The molecule has 1 aromatic heterocycles. The number of nitrogens with zero attached hydrogens (tertiary/aromatic N) is 1. The van der Waals surface area contributed by atoms with Gasteiger partial charge in [0.2, 0.25) is 11.8 Å². The predicted octanol–water partition coefficient (Wildman–Crippen LogP) is 2.14. The van der Waals surface area contributed by atoms with E-state index in [0.29, 0.717) is 18.9 Å². The number of benzene rings is 1. The van der Waals surface area contributed by atoms with Gasteiger partial charge >= 0.3 is 0 Å². The highest BCUT2D eigenvalue weighted by Crippen LogP contribution is 2.08. The van der Waals surface area contributed by atoms with E-state index in [4.69, 9.17) is 4.42 Å². The summed E-state index contributed by atoms with van der Waals surface area (Å²) in [5.41, 5.74) is 1.09. The molecule has 1 amide bonds. The van der Waals surface area contributed by atoms with Crippen LogP contribution in [0.25, 0.3) is 0 Å². The Bertz CT molecular complexity index is 539. The summed E-state index contributed by atoms with van der Waals surface area (Å²) in [6, 6.07) is 9.80. The smallest absolute Gasteiger partial charge is 0.233 e. The SMILES string of the molecule is Cc1cnc(CNC(=O)C(S)Cc2ccccc2)o1. The van der Waals surface area contributed by atoms with Crippen molar-refractivity contribution < 1.29 is 9.21 Å². The molecule has 0 radical (unpaired) electrons. The number of hydrogen-bond donors (Lipinski definition) is 2. The molecule has 0 aliphatic carbocycles. The maximum atomic E-state index is 11.9. The van der Waals surface area contributed by atoms with Crippen molar-refractivity contribution in [3.63, 3.8) is 0 Å². The number of oxazole rings is 1. The standard InChI is InChI=1S/C14H16N2O2S/c1-10-8-15-13(18-10)9-16-14(17)12(19)7-11-5-3-2-4-6-11/h2-6,8,12,19H,7,9H2,1H3,(H,16,17). The second kappa shape index (κ2) is 6.43. The molecule has 1 heterocycles. The van der Waals surface area contributed by atoms with Gasteiger partial charge < -0.3 is 9.73 Å². The molecule has 100 valence electrons. The molecule has 0 fully saturated rings. The van der Waals surface area contributed by atoms with Gasteiger partial charge in [0.25, 0.3) is 0 Å². The number of carbonyl (C=O) groups is 1. The van der Waals surface area contributed by atoms with Crippen molar-refractivity contribution in [3.05, 3.63) is 53.7 Å². The van der Waals surface area contributed by atoms with Gasteiger partial charge in [-0.1, -0.05) is 30.3 Å². The molecule has 1 N–H and O–H groups in total. The minimum absolute atomic E-state index is 0.122. The van der Waals surface area contributed by atoms with Crippen LogP contribution in [0.15, 0.2) is 40.9 Å². The van der Waals surface area contributed by atoms with Crippen LogP contribution in [-0.4, -0.2) is 16.1 Å². The van der Waals surface area contributed by atoms with Crippen molar-refractivity contribution in [2.24, 2.45) is 0 Å². The number of aromatic nitrogens is 1. The van der Waals surface area contributed by atoms with E-state index >= 15 is 0 Å². The molecule has 2 aromatic rings. The Kier molecular flexibility index (Phi) is 4.63. The zero-order valence-corrected chi connectivity index (χ0v) is 11.6. The van der Waals surface area contributed by atoms with Gasteiger partial charge in [-0.2, -0.15) is 12.6 Å². The summed E-state index contributed by atoms with van der Waals surface area (Å²) >= 11 is 4.32. The van der Waals surface area contributed by atoms with Gasteiger partial charge in [-0.3, -0.25) is 4.79 Å². The zero-order valence-electron chi connectivity index (χ0n) is 10.7. The molecule has 1 unspecified atom stereocenters. The van der Waals surface area contributed by atoms with Gasteiger partial charge in [0.1, 0.15) is 5.76 Å². The van der Waals surface area contributed by atoms with Gasteiger partial charge in [-0.15, -0.1) is 0 Å². The Morgan fingerprint density at radius 2 is 2.16 bits per heavy atom. The number of nitrogens with one attached hydrogen (secondary N) is 1. The van der Waals surface area contributed by atoms with Crippen LogP contribution in [0, 0.1) is 6.92 Å². The molecule has 4 nitrogen and oxygen atoms in total. The summed E-state index contributed by atoms with van der Waals surface area (Å²) in [6.45, 7) is 2.10. The second-order valence-electron chi connectivity index (χ2n) is 4.29. The number of rotatable bonds is 5. The number of aryl methyl sites for hydroxylation is 1. The van der Waals surface area contributed by atoms with E-state index in [2.05, 4.69) is 22.9 Å². The first-order chi connectivity index (χ1) is 9.15. The minimum Gasteiger partial charge on any atom is -0.444 e. The Morgan fingerprint density at radius 1 is 1.42 bits per heavy atom. The first-order valence-electron chi connectivity index (χ1n) is 6.06. The van der Waals surface area contributed by atoms with E-state index in [-0.39, 0.29) is 11.2 Å². The summed E-state index contributed by atoms with van der Waals surface area (Å²) in [6.07, 6.45) is 2.23. The van der Waals surface area contributed by atoms with Crippen molar-refractivity contribution in [1.29, 1.82) is 0 Å². The van der Waals surface area contributed by atoms with Gasteiger partial charge in [0.05, 0.1) is 18.0 Å². The quantitative estimate of drug-likeness (QED) is 0.823. The normalized spacial score (nSPS) is 12.1. The predicted molar refractivity (Wildman–Crippen MR) is 76.0 cm³/mol. The topological polar surface area (TPSA) is 55.1 Å². The Hall–Kier alpha value is -1.75. The van der Waals surface area contributed by atoms with E-state index in [1.165, 1.54) is 0 Å². The molecule has 1 atom stereocenters. The molecule has 19 heavy (non-hydrogen) atoms. The number of amides is 1. The lowest BCUT2D eigenvalue weighted by Crippen LogP contribution is -2.32. The molecular weight excluding hydrogens is 260 g/mol. The molecule has 5 heteroatoms. The molecular formula is C14H16N2O2S. The zero-order chi connectivity index (χ0) is 13.7. The number of carbonyl (C=O) groups excluding carboxylic acids is 1. The average molecular weight is 276 g/mol. The van der Waals surface area contributed by atoms with Crippen molar-refractivity contribution in [3.8, 4) is 0 Å². The van der Waals surface area contributed by atoms with Crippen LogP contribution < -0.4 is 5.32 Å². The third kappa shape index (κ3) is 4.13. The first-order valence-corrected chi connectivity index (χ1v) is 6.58. The highest BCUT2D eigenvalue weighted by molar-refractivity contribution is 7.81. The molecule has 1 aromatic carbocycles. The highest BCUT2D eigenvalue weighted by Gasteiger charge is 2.14. The van der Waals surface area contributed by atoms with Crippen LogP contribution in [0.3, 0.4) is 0 Å². The Morgan fingerprint density at radius 3 is 2.79 bits per heavy atom. The summed E-state index contributed by atoms with van der Waals surface area (Å²) in [5, 5.41) is 2.38. The second-order valence-corrected chi connectivity index (χ2v) is 4.91. The molecule has 0 bridgehead atoms. The van der Waals surface area contributed by atoms with Gasteiger partial charge in [-0.05, 0) is 18.9 Å². The van der Waals surface area contributed by atoms with Crippen molar-refractivity contribution in [2.45, 2.75) is 25.1 Å². The van der Waals surface area contributed by atoms with Crippen LogP contribution in [-0.2, 0) is 17.8 Å². The fourth-order valence-electron chi connectivity index (χ4n) is 1.69. The van der Waals surface area contributed by atoms with Gasteiger partial charge in [0.15, 0.2) is 0 Å². The van der Waals surface area contributed by atoms with Crippen LogP contribution in [0.5, 0.6) is 0 Å². The van der Waals surface area contributed by atoms with Crippen molar-refractivity contribution in [2.75, 3.05) is 0 Å². The van der Waals surface area contributed by atoms with E-state index in [1.807, 2.05) is 37.3 Å². The van der Waals surface area contributed by atoms with E-state index in [0.717, 1.165) is 11.3 Å². The van der Waals surface area contributed by atoms with E-state index in [9.17, 15) is 4.79 Å². The largest absolute Gasteiger partial charge is 0.444 e. The maximum Gasteiger partial charge on any atom is 0.233 e. The molecule has 0 aliphatic rings. The fraction of sp³-hybridized carbons (Fsp3) is 0.286. The summed E-state index contributed by atoms with van der Waals surface area (Å²) < 4.78 is 5.28. The van der Waals surface area contributed by atoms with E-state index in [1.54, 1.807) is 6.20 Å². The third-order valence-corrected chi connectivity index (χ3v) is 3.07. The highest BCUT2D eigenvalue weighted by atomic mass is 32.1. The van der Waals surface area contributed by atoms with Crippen molar-refractivity contribution in [1.82, 2.24) is 10.3 Å². The van der Waals surface area contributed by atoms with E-state index < -0.39 is 0 Å². The lowest BCUT2D eigenvalue weighted by Gasteiger charge is -2.10. The summed E-state index contributed by atoms with van der Waals surface area (Å²) in [5.74, 6) is 1.12. The maximum absolute atomic E-state index is 11.9. The van der Waals surface area contributed by atoms with Gasteiger partial charge in [-0.25, -0.2) is 4.98 Å². The fourth-order valence-corrected chi connectivity index (χ4v) is 2.00. The molecule has 0 aliphatic heterocycles. The molecule has 2 rings (SSSR count). The van der Waals surface area contributed by atoms with Crippen molar-refractivity contribution >= 4 is 18.5 Å². The third-order valence-electron chi connectivity index (χ3n) is 2.66. The van der Waals surface area contributed by atoms with Crippen LogP contribution in [0.2, 0.25) is 0 Å². The summed E-state index contributed by atoms with van der Waals surface area (Å²) in [4.78, 5) is 15.9. The average Bonchev–Trinajstić information content (AvgIpc) is 2.83.